The molecule has 0 radical (unpaired) electrons. The summed E-state index contributed by atoms with van der Waals surface area (Å²) in [5.74, 6) is -0.494. The van der Waals surface area contributed by atoms with Gasteiger partial charge in [-0.15, -0.1) is 0 Å². The van der Waals surface area contributed by atoms with Crippen LogP contribution in [0.3, 0.4) is 0 Å². The van der Waals surface area contributed by atoms with Gasteiger partial charge < -0.3 is 10.6 Å². The van der Waals surface area contributed by atoms with Crippen LogP contribution >= 0.6 is 0 Å². The zero-order chi connectivity index (χ0) is 16.9. The van der Waals surface area contributed by atoms with E-state index >= 15 is 0 Å². The molecule has 6 nitrogen and oxygen atoms in total. The predicted molar refractivity (Wildman–Crippen MR) is 91.5 cm³/mol. The fourth-order valence-electron chi connectivity index (χ4n) is 2.01. The van der Waals surface area contributed by atoms with Crippen molar-refractivity contribution in [3.8, 4) is 0 Å². The first-order valence-electron chi connectivity index (χ1n) is 7.10. The number of carbonyl (C=O) groups excluding carboxylic acids is 1. The first kappa shape index (κ1) is 17.0. The van der Waals surface area contributed by atoms with Gasteiger partial charge in [0.2, 0.25) is 5.91 Å². The van der Waals surface area contributed by atoms with Gasteiger partial charge in [-0.1, -0.05) is 25.1 Å². The first-order chi connectivity index (χ1) is 10.8. The number of amides is 1. The van der Waals surface area contributed by atoms with Gasteiger partial charge in [-0.25, -0.2) is 13.4 Å². The van der Waals surface area contributed by atoms with Gasteiger partial charge in [0, 0.05) is 17.9 Å². The van der Waals surface area contributed by atoms with E-state index < -0.39 is 15.8 Å². The van der Waals surface area contributed by atoms with Gasteiger partial charge in [0.05, 0.1) is 17.6 Å². The van der Waals surface area contributed by atoms with Crippen LogP contribution in [0.2, 0.25) is 0 Å². The van der Waals surface area contributed by atoms with Crippen molar-refractivity contribution in [3.05, 3.63) is 48.7 Å². The Bertz CT molecular complexity index is 759. The first-order valence-corrected chi connectivity index (χ1v) is 9.16. The smallest absolute Gasteiger partial charge is 0.228 e. The number of nitrogens with one attached hydrogen (secondary N) is 2. The van der Waals surface area contributed by atoms with Crippen LogP contribution in [0.1, 0.15) is 6.92 Å². The molecule has 0 aliphatic heterocycles. The molecule has 0 saturated heterocycles. The summed E-state index contributed by atoms with van der Waals surface area (Å²) in [5, 5.41) is 5.80. The Morgan fingerprint density at radius 2 is 1.83 bits per heavy atom. The molecule has 0 aliphatic rings. The zero-order valence-corrected chi connectivity index (χ0v) is 13.8. The van der Waals surface area contributed by atoms with E-state index in [4.69, 9.17) is 0 Å². The maximum Gasteiger partial charge on any atom is 0.228 e. The number of benzene rings is 1. The molecule has 1 atom stereocenters. The Kier molecular flexibility index (Phi) is 5.33. The van der Waals surface area contributed by atoms with E-state index in [1.165, 1.54) is 6.20 Å². The summed E-state index contributed by atoms with van der Waals surface area (Å²) < 4.78 is 22.4. The number of hydrogen-bond donors (Lipinski definition) is 2. The van der Waals surface area contributed by atoms with Gasteiger partial charge in [0.1, 0.15) is 15.7 Å². The standard InChI is InChI=1S/C16H19N3O3S/c1-12(11-23(2,21)22)16(20)19-14-8-9-15(17-10-14)18-13-6-4-3-5-7-13/h3-10,12H,11H2,1-2H3,(H,17,18)(H,19,20)/t12-/m0/s1. The number of anilines is 3. The minimum atomic E-state index is -3.19. The lowest BCUT2D eigenvalue weighted by Gasteiger charge is -2.11. The van der Waals surface area contributed by atoms with Gasteiger partial charge >= 0.3 is 0 Å². The van der Waals surface area contributed by atoms with Crippen molar-refractivity contribution in [3.63, 3.8) is 0 Å². The summed E-state index contributed by atoms with van der Waals surface area (Å²) in [6.45, 7) is 1.58. The minimum absolute atomic E-state index is 0.181. The molecule has 1 heterocycles. The second-order valence-electron chi connectivity index (χ2n) is 5.41. The second-order valence-corrected chi connectivity index (χ2v) is 7.59. The van der Waals surface area contributed by atoms with E-state index in [1.807, 2.05) is 30.3 Å². The van der Waals surface area contributed by atoms with Crippen LogP contribution in [-0.4, -0.2) is 31.3 Å². The second kappa shape index (κ2) is 7.23. The molecular weight excluding hydrogens is 314 g/mol. The summed E-state index contributed by atoms with van der Waals surface area (Å²) in [7, 11) is -3.19. The number of para-hydroxylation sites is 1. The van der Waals surface area contributed by atoms with E-state index in [-0.39, 0.29) is 11.7 Å². The van der Waals surface area contributed by atoms with Crippen LogP contribution in [0.15, 0.2) is 48.7 Å². The molecule has 2 rings (SSSR count). The van der Waals surface area contributed by atoms with Crippen molar-refractivity contribution in [1.82, 2.24) is 4.98 Å². The average molecular weight is 333 g/mol. The van der Waals surface area contributed by atoms with Crippen LogP contribution < -0.4 is 10.6 Å². The lowest BCUT2D eigenvalue weighted by molar-refractivity contribution is -0.118. The Hall–Kier alpha value is -2.41. The van der Waals surface area contributed by atoms with E-state index in [0.29, 0.717) is 11.5 Å². The maximum atomic E-state index is 11.9. The normalized spacial score (nSPS) is 12.4. The quantitative estimate of drug-likeness (QED) is 0.848. The molecule has 1 amide bonds. The monoisotopic (exact) mass is 333 g/mol. The predicted octanol–water partition coefficient (Wildman–Crippen LogP) is 2.44. The molecule has 0 saturated carbocycles. The van der Waals surface area contributed by atoms with E-state index in [1.54, 1.807) is 19.1 Å². The fourth-order valence-corrected chi connectivity index (χ4v) is 3.07. The van der Waals surface area contributed by atoms with Crippen LogP contribution in [-0.2, 0) is 14.6 Å². The SMILES string of the molecule is C[C@@H](CS(C)(=O)=O)C(=O)Nc1ccc(Nc2ccccc2)nc1. The Balaban J connectivity index is 1.96. The fraction of sp³-hybridized carbons (Fsp3) is 0.250. The summed E-state index contributed by atoms with van der Waals surface area (Å²) in [4.78, 5) is 16.2. The molecule has 0 bridgehead atoms. The van der Waals surface area contributed by atoms with Crippen molar-refractivity contribution in [2.24, 2.45) is 5.92 Å². The lowest BCUT2D eigenvalue weighted by atomic mass is 10.2. The number of carbonyl (C=O) groups is 1. The third-order valence-electron chi connectivity index (χ3n) is 3.08. The summed E-state index contributed by atoms with van der Waals surface area (Å²) in [6.07, 6.45) is 2.64. The van der Waals surface area contributed by atoms with Crippen LogP contribution in [0, 0.1) is 5.92 Å². The number of pyridine rings is 1. The highest BCUT2D eigenvalue weighted by molar-refractivity contribution is 7.90. The molecule has 23 heavy (non-hydrogen) atoms. The van der Waals surface area contributed by atoms with E-state index in [2.05, 4.69) is 15.6 Å². The van der Waals surface area contributed by atoms with Crippen LogP contribution in [0.4, 0.5) is 17.2 Å². The van der Waals surface area contributed by atoms with Crippen molar-refractivity contribution in [2.45, 2.75) is 6.92 Å². The number of rotatable bonds is 6. The maximum absolute atomic E-state index is 11.9. The molecular formula is C16H19N3O3S. The third kappa shape index (κ3) is 5.71. The molecule has 7 heteroatoms. The van der Waals surface area contributed by atoms with Gasteiger partial charge in [0.15, 0.2) is 0 Å². The zero-order valence-electron chi connectivity index (χ0n) is 13.0. The van der Waals surface area contributed by atoms with Crippen molar-refractivity contribution in [2.75, 3.05) is 22.6 Å². The highest BCUT2D eigenvalue weighted by Crippen LogP contribution is 2.16. The highest BCUT2D eigenvalue weighted by atomic mass is 32.2. The molecule has 0 fully saturated rings. The molecule has 0 spiro atoms. The molecule has 122 valence electrons. The summed E-state index contributed by atoms with van der Waals surface area (Å²) in [5.41, 5.74) is 1.44. The largest absolute Gasteiger partial charge is 0.340 e. The van der Waals surface area contributed by atoms with Gasteiger partial charge in [0.25, 0.3) is 0 Å². The van der Waals surface area contributed by atoms with Crippen LogP contribution in [0.5, 0.6) is 0 Å². The highest BCUT2D eigenvalue weighted by Gasteiger charge is 2.18. The van der Waals surface area contributed by atoms with Crippen molar-refractivity contribution < 1.29 is 13.2 Å². The molecule has 2 N–H and O–H groups in total. The number of hydrogen-bond acceptors (Lipinski definition) is 5. The van der Waals surface area contributed by atoms with E-state index in [9.17, 15) is 13.2 Å². The Labute approximate surface area is 135 Å². The van der Waals surface area contributed by atoms with Gasteiger partial charge in [-0.3, -0.25) is 4.79 Å². The molecule has 0 unspecified atom stereocenters. The van der Waals surface area contributed by atoms with Gasteiger partial charge in [-0.05, 0) is 24.3 Å². The molecule has 2 aromatic rings. The number of sulfone groups is 1. The minimum Gasteiger partial charge on any atom is -0.340 e. The molecule has 1 aromatic carbocycles. The van der Waals surface area contributed by atoms with Crippen molar-refractivity contribution in [1.29, 1.82) is 0 Å². The van der Waals surface area contributed by atoms with Crippen molar-refractivity contribution >= 4 is 32.9 Å². The number of aromatic nitrogens is 1. The Morgan fingerprint density at radius 3 is 2.39 bits per heavy atom. The van der Waals surface area contributed by atoms with Gasteiger partial charge in [-0.2, -0.15) is 0 Å². The average Bonchev–Trinajstić information content (AvgIpc) is 2.48. The lowest BCUT2D eigenvalue weighted by Crippen LogP contribution is -2.26. The van der Waals surface area contributed by atoms with E-state index in [0.717, 1.165) is 11.9 Å². The number of nitrogens with zero attached hydrogens (tertiary/aromatic N) is 1. The van der Waals surface area contributed by atoms with Crippen LogP contribution in [0.25, 0.3) is 0 Å². The third-order valence-corrected chi connectivity index (χ3v) is 4.18. The summed E-state index contributed by atoms with van der Waals surface area (Å²) >= 11 is 0. The molecule has 0 aliphatic carbocycles. The summed E-state index contributed by atoms with van der Waals surface area (Å²) in [6, 6.07) is 13.1. The topological polar surface area (TPSA) is 88.2 Å². The molecule has 1 aromatic heterocycles. The Morgan fingerprint density at radius 1 is 1.13 bits per heavy atom.